The first-order valence-electron chi connectivity index (χ1n) is 3.68. The molecule has 0 atom stereocenters. The van der Waals surface area contributed by atoms with Gasteiger partial charge in [0.1, 0.15) is 0 Å². The quantitative estimate of drug-likeness (QED) is 0.504. The molecule has 0 saturated carbocycles. The van der Waals surface area contributed by atoms with Crippen LogP contribution in [0.4, 0.5) is 0 Å². The summed E-state index contributed by atoms with van der Waals surface area (Å²) in [6.45, 7) is 4.24. The maximum absolute atomic E-state index is 2.24. The monoisotopic (exact) mass is 124 g/mol. The number of hydrogen-bond donors (Lipinski definition) is 0. The van der Waals surface area contributed by atoms with Gasteiger partial charge in [0.2, 0.25) is 0 Å². The van der Waals surface area contributed by atoms with Gasteiger partial charge in [-0.3, -0.25) is 0 Å². The topological polar surface area (TPSA) is 0 Å². The molecule has 0 rings (SSSR count). The van der Waals surface area contributed by atoms with Crippen molar-refractivity contribution in [3.05, 3.63) is 24.3 Å². The van der Waals surface area contributed by atoms with Gasteiger partial charge in [-0.15, -0.1) is 0 Å². The lowest BCUT2D eigenvalue weighted by Crippen LogP contribution is -1.61. The Labute approximate surface area is 58.3 Å². The van der Waals surface area contributed by atoms with E-state index in [1.165, 1.54) is 12.8 Å². The van der Waals surface area contributed by atoms with E-state index in [2.05, 4.69) is 31.2 Å². The van der Waals surface area contributed by atoms with Crippen LogP contribution in [0.2, 0.25) is 0 Å². The molecule has 0 N–H and O–H groups in total. The van der Waals surface area contributed by atoms with Crippen LogP contribution in [0.3, 0.4) is 0 Å². The van der Waals surface area contributed by atoms with Crippen molar-refractivity contribution in [1.82, 2.24) is 0 Å². The van der Waals surface area contributed by atoms with Gasteiger partial charge in [-0.2, -0.15) is 0 Å². The highest BCUT2D eigenvalue weighted by Gasteiger charge is 1.70. The van der Waals surface area contributed by atoms with E-state index in [-0.39, 0.29) is 0 Å². The molecule has 0 spiro atoms. The van der Waals surface area contributed by atoms with Crippen LogP contribution >= 0.6 is 0 Å². The molecule has 52 valence electrons. The van der Waals surface area contributed by atoms with Gasteiger partial charge in [0.05, 0.1) is 0 Å². The van der Waals surface area contributed by atoms with Crippen LogP contribution in [0.25, 0.3) is 0 Å². The molecule has 9 heavy (non-hydrogen) atoms. The number of allylic oxidation sites excluding steroid dienone is 4. The van der Waals surface area contributed by atoms with E-state index in [0.29, 0.717) is 0 Å². The summed E-state index contributed by atoms with van der Waals surface area (Å²) in [5.74, 6) is 0. The molecule has 0 aromatic carbocycles. The minimum absolute atomic E-state index is 1.09. The lowest BCUT2D eigenvalue weighted by Gasteiger charge is -1.81. The third kappa shape index (κ3) is 7.48. The van der Waals surface area contributed by atoms with Crippen LogP contribution in [0, 0.1) is 0 Å². The van der Waals surface area contributed by atoms with E-state index in [9.17, 15) is 0 Å². The second-order valence-corrected chi connectivity index (χ2v) is 2.06. The Kier molecular flexibility index (Phi) is 7.05. The molecule has 0 aromatic heterocycles. The van der Waals surface area contributed by atoms with Gasteiger partial charge in [-0.05, 0) is 19.8 Å². The minimum Gasteiger partial charge on any atom is -0.0914 e. The van der Waals surface area contributed by atoms with Gasteiger partial charge in [0, 0.05) is 0 Å². The molecule has 0 aromatic rings. The van der Waals surface area contributed by atoms with Crippen molar-refractivity contribution >= 4 is 0 Å². The molecule has 0 fully saturated rings. The Balaban J connectivity index is 3.04. The predicted molar refractivity (Wildman–Crippen MR) is 43.5 cm³/mol. The summed E-state index contributed by atoms with van der Waals surface area (Å²) in [7, 11) is 0. The molecule has 0 unspecified atom stereocenters. The van der Waals surface area contributed by atoms with Crippen molar-refractivity contribution < 1.29 is 0 Å². The average Bonchev–Trinajstić information content (AvgIpc) is 1.89. The molecule has 0 saturated heterocycles. The van der Waals surface area contributed by atoms with E-state index in [4.69, 9.17) is 0 Å². The summed E-state index contributed by atoms with van der Waals surface area (Å²) in [4.78, 5) is 0. The Bertz CT molecular complexity index is 88.2. The van der Waals surface area contributed by atoms with E-state index in [1.54, 1.807) is 0 Å². The molecule has 0 radical (unpaired) electrons. The van der Waals surface area contributed by atoms with E-state index >= 15 is 0 Å². The van der Waals surface area contributed by atoms with E-state index in [0.717, 1.165) is 6.42 Å². The second kappa shape index (κ2) is 7.48. The molecule has 0 aliphatic carbocycles. The highest BCUT2D eigenvalue weighted by Crippen LogP contribution is 1.91. The average molecular weight is 124 g/mol. The summed E-state index contributed by atoms with van der Waals surface area (Å²) in [5.41, 5.74) is 0. The smallest absolute Gasteiger partial charge is 0.0169 e. The highest BCUT2D eigenvalue weighted by atomic mass is 13.8. The Morgan fingerprint density at radius 1 is 1.11 bits per heavy atom. The fraction of sp³-hybridized carbons (Fsp3) is 0.556. The first-order valence-corrected chi connectivity index (χ1v) is 3.68. The van der Waals surface area contributed by atoms with Crippen molar-refractivity contribution in [2.24, 2.45) is 0 Å². The van der Waals surface area contributed by atoms with Gasteiger partial charge in [0.15, 0.2) is 0 Å². The molecular weight excluding hydrogens is 108 g/mol. The Morgan fingerprint density at radius 2 is 1.89 bits per heavy atom. The number of hydrogen-bond acceptors (Lipinski definition) is 0. The van der Waals surface area contributed by atoms with Crippen molar-refractivity contribution in [2.45, 2.75) is 33.1 Å². The summed E-state index contributed by atoms with van der Waals surface area (Å²) >= 11 is 0. The largest absolute Gasteiger partial charge is 0.0914 e. The van der Waals surface area contributed by atoms with E-state index < -0.39 is 0 Å². The highest BCUT2D eigenvalue weighted by molar-refractivity contribution is 4.90. The fourth-order valence-corrected chi connectivity index (χ4v) is 0.595. The molecule has 0 heteroatoms. The fourth-order valence-electron chi connectivity index (χ4n) is 0.595. The number of rotatable bonds is 4. The molecule has 0 amide bonds. The molecule has 0 bridgehead atoms. The van der Waals surface area contributed by atoms with Crippen molar-refractivity contribution in [3.63, 3.8) is 0 Å². The summed E-state index contributed by atoms with van der Waals surface area (Å²) < 4.78 is 0. The van der Waals surface area contributed by atoms with E-state index in [1.807, 2.05) is 6.92 Å². The van der Waals surface area contributed by atoms with Crippen LogP contribution in [0.5, 0.6) is 0 Å². The van der Waals surface area contributed by atoms with Gasteiger partial charge in [0.25, 0.3) is 0 Å². The maximum atomic E-state index is 2.24. The van der Waals surface area contributed by atoms with Crippen molar-refractivity contribution in [1.29, 1.82) is 0 Å². The van der Waals surface area contributed by atoms with Crippen LogP contribution in [-0.2, 0) is 0 Å². The minimum atomic E-state index is 1.09. The van der Waals surface area contributed by atoms with Crippen LogP contribution in [0.15, 0.2) is 24.3 Å². The SMILES string of the molecule is CC=CCC=CCCC. The van der Waals surface area contributed by atoms with Crippen molar-refractivity contribution in [2.75, 3.05) is 0 Å². The molecule has 0 aliphatic heterocycles. The van der Waals surface area contributed by atoms with Gasteiger partial charge in [-0.25, -0.2) is 0 Å². The first-order chi connectivity index (χ1) is 4.41. The van der Waals surface area contributed by atoms with Crippen molar-refractivity contribution in [3.8, 4) is 0 Å². The Morgan fingerprint density at radius 3 is 2.44 bits per heavy atom. The third-order valence-corrected chi connectivity index (χ3v) is 1.13. The third-order valence-electron chi connectivity index (χ3n) is 1.13. The van der Waals surface area contributed by atoms with Gasteiger partial charge in [-0.1, -0.05) is 37.6 Å². The van der Waals surface area contributed by atoms with Crippen LogP contribution in [-0.4, -0.2) is 0 Å². The zero-order chi connectivity index (χ0) is 6.95. The molecular formula is C9H16. The standard InChI is InChI=1S/C9H16/c1-3-5-7-9-8-6-4-2/h3,5,8-9H,4,6-7H2,1-2H3. The van der Waals surface area contributed by atoms with Crippen LogP contribution < -0.4 is 0 Å². The normalized spacial score (nSPS) is 11.8. The van der Waals surface area contributed by atoms with Gasteiger partial charge >= 0.3 is 0 Å². The molecule has 0 heterocycles. The Hall–Kier alpha value is -0.520. The second-order valence-electron chi connectivity index (χ2n) is 2.06. The molecule has 0 nitrogen and oxygen atoms in total. The summed E-state index contributed by atoms with van der Waals surface area (Å²) in [5, 5.41) is 0. The lowest BCUT2D eigenvalue weighted by atomic mass is 10.3. The summed E-state index contributed by atoms with van der Waals surface area (Å²) in [6, 6.07) is 0. The number of unbranched alkanes of at least 4 members (excludes halogenated alkanes) is 1. The first kappa shape index (κ1) is 8.48. The zero-order valence-electron chi connectivity index (χ0n) is 6.43. The zero-order valence-corrected chi connectivity index (χ0v) is 6.43. The lowest BCUT2D eigenvalue weighted by molar-refractivity contribution is 0.954. The van der Waals surface area contributed by atoms with Gasteiger partial charge < -0.3 is 0 Å². The van der Waals surface area contributed by atoms with Crippen LogP contribution in [0.1, 0.15) is 33.1 Å². The summed E-state index contributed by atoms with van der Waals surface area (Å²) in [6.07, 6.45) is 12.3. The predicted octanol–water partition coefficient (Wildman–Crippen LogP) is 3.31. The molecule has 0 aliphatic rings. The maximum Gasteiger partial charge on any atom is -0.0169 e.